The Hall–Kier alpha value is -0.570. The second-order valence-electron chi connectivity index (χ2n) is 1.62. The van der Waals surface area contributed by atoms with Crippen molar-refractivity contribution in [2.75, 3.05) is 0 Å². The lowest BCUT2D eigenvalue weighted by Crippen LogP contribution is -2.15. The molecule has 0 unspecified atom stereocenters. The highest BCUT2D eigenvalue weighted by Crippen LogP contribution is 2.12. The van der Waals surface area contributed by atoms with Crippen molar-refractivity contribution < 1.29 is 4.39 Å². The SMILES string of the molecule is CC1=N[C](F)NC=C1Cl. The van der Waals surface area contributed by atoms with Gasteiger partial charge in [0.25, 0.3) is 0 Å². The van der Waals surface area contributed by atoms with Crippen LogP contribution in [0.1, 0.15) is 6.92 Å². The highest BCUT2D eigenvalue weighted by atomic mass is 35.5. The molecule has 1 N–H and O–H groups in total. The third-order valence-electron chi connectivity index (χ3n) is 0.929. The average Bonchev–Trinajstić information content (AvgIpc) is 1.80. The lowest BCUT2D eigenvalue weighted by molar-refractivity contribution is 0.449. The van der Waals surface area contributed by atoms with Crippen molar-refractivity contribution in [1.82, 2.24) is 5.32 Å². The summed E-state index contributed by atoms with van der Waals surface area (Å²) in [6, 6.07) is 0. The Morgan fingerprint density at radius 1 is 1.78 bits per heavy atom. The molecule has 0 atom stereocenters. The summed E-state index contributed by atoms with van der Waals surface area (Å²) in [4.78, 5) is 3.42. The van der Waals surface area contributed by atoms with Gasteiger partial charge in [0.15, 0.2) is 0 Å². The highest BCUT2D eigenvalue weighted by Gasteiger charge is 2.10. The van der Waals surface area contributed by atoms with Crippen LogP contribution in [0, 0.1) is 6.42 Å². The van der Waals surface area contributed by atoms with Gasteiger partial charge in [0.2, 0.25) is 0 Å². The Kier molecular flexibility index (Phi) is 1.71. The van der Waals surface area contributed by atoms with E-state index < -0.39 is 6.42 Å². The number of nitrogens with zero attached hydrogens (tertiary/aromatic N) is 1. The van der Waals surface area contributed by atoms with Crippen molar-refractivity contribution in [1.29, 1.82) is 0 Å². The summed E-state index contributed by atoms with van der Waals surface area (Å²) in [5, 5.41) is 2.67. The van der Waals surface area contributed by atoms with E-state index in [1.165, 1.54) is 6.20 Å². The van der Waals surface area contributed by atoms with Crippen LogP contribution in [0.25, 0.3) is 0 Å². The maximum Gasteiger partial charge on any atom is 0.350 e. The minimum atomic E-state index is -0.614. The van der Waals surface area contributed by atoms with Crippen molar-refractivity contribution in [3.05, 3.63) is 17.7 Å². The van der Waals surface area contributed by atoms with Crippen molar-refractivity contribution in [2.24, 2.45) is 4.99 Å². The quantitative estimate of drug-likeness (QED) is 0.517. The number of hydrogen-bond donors (Lipinski definition) is 1. The molecular formula is C5H5ClFN2. The second-order valence-corrected chi connectivity index (χ2v) is 2.03. The Morgan fingerprint density at radius 3 is 2.89 bits per heavy atom. The lowest BCUT2D eigenvalue weighted by Gasteiger charge is -2.08. The molecule has 0 saturated heterocycles. The molecule has 0 bridgehead atoms. The van der Waals surface area contributed by atoms with Gasteiger partial charge in [-0.25, -0.2) is 4.99 Å². The van der Waals surface area contributed by atoms with Crippen LogP contribution in [0.15, 0.2) is 16.2 Å². The summed E-state index contributed by atoms with van der Waals surface area (Å²) in [5.41, 5.74) is 0.493. The molecule has 0 aromatic rings. The summed E-state index contributed by atoms with van der Waals surface area (Å²) in [7, 11) is 0. The van der Waals surface area contributed by atoms with Gasteiger partial charge in [-0.3, -0.25) is 0 Å². The van der Waals surface area contributed by atoms with Crippen LogP contribution < -0.4 is 5.32 Å². The largest absolute Gasteiger partial charge is 0.350 e. The third-order valence-corrected chi connectivity index (χ3v) is 1.31. The fourth-order valence-electron chi connectivity index (χ4n) is 0.460. The first-order valence-corrected chi connectivity index (χ1v) is 2.78. The molecule has 1 heterocycles. The molecule has 0 saturated carbocycles. The zero-order chi connectivity index (χ0) is 6.85. The van der Waals surface area contributed by atoms with Crippen molar-refractivity contribution in [3.8, 4) is 0 Å². The van der Waals surface area contributed by atoms with E-state index in [0.717, 1.165) is 0 Å². The maximum atomic E-state index is 12.1. The van der Waals surface area contributed by atoms with E-state index >= 15 is 0 Å². The summed E-state index contributed by atoms with van der Waals surface area (Å²) in [6.07, 6.45) is 0.746. The number of rotatable bonds is 0. The van der Waals surface area contributed by atoms with Crippen LogP contribution >= 0.6 is 11.6 Å². The van der Waals surface area contributed by atoms with Crippen molar-refractivity contribution >= 4 is 17.3 Å². The number of nitrogens with one attached hydrogen (secondary N) is 1. The van der Waals surface area contributed by atoms with Crippen LogP contribution in [0.5, 0.6) is 0 Å². The Morgan fingerprint density at radius 2 is 2.44 bits per heavy atom. The van der Waals surface area contributed by atoms with E-state index in [9.17, 15) is 4.39 Å². The maximum absolute atomic E-state index is 12.1. The average molecular weight is 148 g/mol. The molecular weight excluding hydrogens is 143 g/mol. The van der Waals surface area contributed by atoms with Crippen LogP contribution in [-0.4, -0.2) is 5.71 Å². The molecule has 9 heavy (non-hydrogen) atoms. The number of allylic oxidation sites excluding steroid dienone is 1. The lowest BCUT2D eigenvalue weighted by atomic mass is 10.4. The monoisotopic (exact) mass is 147 g/mol. The molecule has 0 aromatic heterocycles. The minimum Gasteiger partial charge on any atom is -0.334 e. The van der Waals surface area contributed by atoms with Crippen molar-refractivity contribution in [2.45, 2.75) is 6.92 Å². The van der Waals surface area contributed by atoms with Gasteiger partial charge in [-0.2, -0.15) is 4.39 Å². The van der Waals surface area contributed by atoms with Crippen molar-refractivity contribution in [3.63, 3.8) is 0 Å². The summed E-state index contributed by atoms with van der Waals surface area (Å²) in [6.45, 7) is 1.64. The van der Waals surface area contributed by atoms with E-state index in [1.807, 2.05) is 0 Å². The standard InChI is InChI=1S/C5H5ClFN2/c1-3-4(6)2-8-5(7)9-3/h2,8H,1H3. The molecule has 0 fully saturated rings. The molecule has 2 nitrogen and oxygen atoms in total. The predicted octanol–water partition coefficient (Wildman–Crippen LogP) is 1.55. The van der Waals surface area contributed by atoms with Gasteiger partial charge in [0, 0.05) is 6.20 Å². The normalized spacial score (nSPS) is 20.3. The smallest absolute Gasteiger partial charge is 0.334 e. The second kappa shape index (κ2) is 2.35. The fourth-order valence-corrected chi connectivity index (χ4v) is 0.557. The summed E-state index contributed by atoms with van der Waals surface area (Å²) in [5.74, 6) is 0. The van der Waals surface area contributed by atoms with E-state index in [-0.39, 0.29) is 0 Å². The molecule has 49 valence electrons. The van der Waals surface area contributed by atoms with Gasteiger partial charge in [-0.15, -0.1) is 0 Å². The number of halogens is 2. The summed E-state index contributed by atoms with van der Waals surface area (Å²) < 4.78 is 12.1. The zero-order valence-corrected chi connectivity index (χ0v) is 5.54. The van der Waals surface area contributed by atoms with Gasteiger partial charge in [-0.1, -0.05) is 11.6 Å². The molecule has 0 aliphatic carbocycles. The molecule has 1 aliphatic heterocycles. The molecule has 4 heteroatoms. The Balaban J connectivity index is 2.75. The fraction of sp³-hybridized carbons (Fsp3) is 0.200. The number of aliphatic imine (C=N–C) groups is 1. The first-order valence-electron chi connectivity index (χ1n) is 2.40. The molecule has 0 amide bonds. The predicted molar refractivity (Wildman–Crippen MR) is 34.5 cm³/mol. The molecule has 0 aromatic carbocycles. The minimum absolute atomic E-state index is 0.441. The van der Waals surface area contributed by atoms with Gasteiger partial charge < -0.3 is 5.32 Å². The first kappa shape index (κ1) is 6.55. The van der Waals surface area contributed by atoms with Crippen LogP contribution in [0.4, 0.5) is 4.39 Å². The van der Waals surface area contributed by atoms with Gasteiger partial charge in [0.1, 0.15) is 0 Å². The summed E-state index contributed by atoms with van der Waals surface area (Å²) >= 11 is 5.52. The van der Waals surface area contributed by atoms with E-state index in [4.69, 9.17) is 11.6 Å². The van der Waals surface area contributed by atoms with Gasteiger partial charge >= 0.3 is 6.42 Å². The van der Waals surface area contributed by atoms with Gasteiger partial charge in [-0.05, 0) is 6.92 Å². The van der Waals surface area contributed by atoms with E-state index in [1.54, 1.807) is 6.92 Å². The van der Waals surface area contributed by atoms with E-state index in [0.29, 0.717) is 10.7 Å². The van der Waals surface area contributed by atoms with Gasteiger partial charge in [0.05, 0.1) is 10.7 Å². The van der Waals surface area contributed by atoms with Crippen LogP contribution in [0.2, 0.25) is 0 Å². The van der Waals surface area contributed by atoms with Crippen LogP contribution in [0.3, 0.4) is 0 Å². The molecule has 1 rings (SSSR count). The third kappa shape index (κ3) is 1.42. The first-order chi connectivity index (χ1) is 4.20. The number of hydrogen-bond acceptors (Lipinski definition) is 2. The topological polar surface area (TPSA) is 24.4 Å². The Bertz CT molecular complexity index is 176. The van der Waals surface area contributed by atoms with Crippen LogP contribution in [-0.2, 0) is 0 Å². The zero-order valence-electron chi connectivity index (χ0n) is 4.78. The van der Waals surface area contributed by atoms with E-state index in [2.05, 4.69) is 10.3 Å². The molecule has 0 spiro atoms. The Labute approximate surface area is 57.4 Å². The molecule has 1 aliphatic rings. The molecule has 1 radical (unpaired) electrons. The highest BCUT2D eigenvalue weighted by molar-refractivity contribution is 6.43.